The second-order valence-electron chi connectivity index (χ2n) is 6.93. The normalized spacial score (nSPS) is 10.4. The molecule has 1 N–H and O–H groups in total. The van der Waals surface area contributed by atoms with Crippen molar-refractivity contribution < 1.29 is 9.53 Å². The Labute approximate surface area is 172 Å². The Morgan fingerprint density at radius 2 is 1.83 bits per heavy atom. The van der Waals surface area contributed by atoms with E-state index in [2.05, 4.69) is 22.1 Å². The Morgan fingerprint density at radius 3 is 2.55 bits per heavy atom. The van der Waals surface area contributed by atoms with Crippen LogP contribution >= 0.6 is 0 Å². The largest absolute Gasteiger partial charge is 0.489 e. The predicted molar refractivity (Wildman–Crippen MR) is 118 cm³/mol. The number of benzene rings is 2. The van der Waals surface area contributed by atoms with Gasteiger partial charge in [-0.2, -0.15) is 0 Å². The summed E-state index contributed by atoms with van der Waals surface area (Å²) in [4.78, 5) is 18.9. The topological polar surface area (TPSA) is 54.5 Å². The maximum absolute atomic E-state index is 12.6. The molecule has 1 aromatic heterocycles. The molecule has 0 saturated heterocycles. The van der Waals surface area contributed by atoms with Crippen LogP contribution in [0.2, 0.25) is 0 Å². The number of hydrogen-bond acceptors (Lipinski definition) is 4. The lowest BCUT2D eigenvalue weighted by Gasteiger charge is -2.19. The molecule has 0 unspecified atom stereocenters. The van der Waals surface area contributed by atoms with Gasteiger partial charge >= 0.3 is 0 Å². The molecule has 5 nitrogen and oxygen atoms in total. The maximum atomic E-state index is 12.6. The Morgan fingerprint density at radius 1 is 1.07 bits per heavy atom. The lowest BCUT2D eigenvalue weighted by atomic mass is 10.2. The van der Waals surface area contributed by atoms with Crippen molar-refractivity contribution in [3.8, 4) is 5.75 Å². The van der Waals surface area contributed by atoms with Crippen LogP contribution in [0.1, 0.15) is 35.8 Å². The fourth-order valence-electron chi connectivity index (χ4n) is 2.88. The summed E-state index contributed by atoms with van der Waals surface area (Å²) in [6.45, 7) is 3.62. The smallest absolute Gasteiger partial charge is 0.274 e. The number of anilines is 2. The zero-order chi connectivity index (χ0) is 20.5. The highest BCUT2D eigenvalue weighted by molar-refractivity contribution is 6.03. The van der Waals surface area contributed by atoms with Crippen LogP contribution in [0.4, 0.5) is 11.4 Å². The van der Waals surface area contributed by atoms with Crippen molar-refractivity contribution in [1.82, 2.24) is 4.98 Å². The van der Waals surface area contributed by atoms with E-state index in [4.69, 9.17) is 4.74 Å². The van der Waals surface area contributed by atoms with Crippen molar-refractivity contribution in [3.05, 3.63) is 84.2 Å². The van der Waals surface area contributed by atoms with Gasteiger partial charge in [0.15, 0.2) is 0 Å². The van der Waals surface area contributed by atoms with E-state index < -0.39 is 0 Å². The number of aromatic nitrogens is 1. The molecular formula is C24H27N3O2. The van der Waals surface area contributed by atoms with Gasteiger partial charge in [-0.05, 0) is 48.4 Å². The minimum atomic E-state index is -0.228. The minimum Gasteiger partial charge on any atom is -0.489 e. The van der Waals surface area contributed by atoms with Crippen molar-refractivity contribution in [3.63, 3.8) is 0 Å². The quantitative estimate of drug-likeness (QED) is 0.550. The molecule has 0 radical (unpaired) electrons. The number of rotatable bonds is 9. The van der Waals surface area contributed by atoms with Crippen LogP contribution in [0.3, 0.4) is 0 Å². The Bertz CT molecular complexity index is 911. The van der Waals surface area contributed by atoms with Crippen LogP contribution in [0.25, 0.3) is 0 Å². The summed E-state index contributed by atoms with van der Waals surface area (Å²) in [5, 5.41) is 2.89. The van der Waals surface area contributed by atoms with Gasteiger partial charge in [-0.3, -0.25) is 9.78 Å². The van der Waals surface area contributed by atoms with E-state index in [1.807, 2.05) is 73.8 Å². The molecule has 0 saturated carbocycles. The molecule has 0 aliphatic carbocycles. The molecule has 0 aliphatic rings. The van der Waals surface area contributed by atoms with Gasteiger partial charge in [0.1, 0.15) is 18.1 Å². The molecule has 1 amide bonds. The number of ether oxygens (including phenoxy) is 1. The van der Waals surface area contributed by atoms with E-state index in [0.29, 0.717) is 18.0 Å². The molecule has 2 aromatic carbocycles. The van der Waals surface area contributed by atoms with Gasteiger partial charge in [-0.25, -0.2) is 0 Å². The monoisotopic (exact) mass is 389 g/mol. The molecule has 0 atom stereocenters. The standard InChI is InChI=1S/C24H27N3O2/c1-3-4-16-27(2)21-14-15-25-23(17-21)24(28)26-20-10-12-22(13-11-20)29-18-19-8-6-5-7-9-19/h5-15,17H,3-4,16,18H2,1-2H3,(H,26,28). The van der Waals surface area contributed by atoms with E-state index in [0.717, 1.165) is 36.4 Å². The number of carbonyl (C=O) groups excluding carboxylic acids is 1. The van der Waals surface area contributed by atoms with Gasteiger partial charge in [0.2, 0.25) is 0 Å². The molecule has 3 aromatic rings. The average Bonchev–Trinajstić information content (AvgIpc) is 2.77. The highest BCUT2D eigenvalue weighted by atomic mass is 16.5. The highest BCUT2D eigenvalue weighted by Gasteiger charge is 2.10. The predicted octanol–water partition coefficient (Wildman–Crippen LogP) is 5.15. The molecule has 1 heterocycles. The second kappa shape index (κ2) is 10.3. The van der Waals surface area contributed by atoms with E-state index in [9.17, 15) is 4.79 Å². The third-order valence-electron chi connectivity index (χ3n) is 4.62. The van der Waals surface area contributed by atoms with Gasteiger partial charge in [-0.15, -0.1) is 0 Å². The molecule has 29 heavy (non-hydrogen) atoms. The SMILES string of the molecule is CCCCN(C)c1ccnc(C(=O)Nc2ccc(OCc3ccccc3)cc2)c1. The maximum Gasteiger partial charge on any atom is 0.274 e. The average molecular weight is 389 g/mol. The van der Waals surface area contributed by atoms with Crippen LogP contribution < -0.4 is 15.0 Å². The molecule has 150 valence electrons. The summed E-state index contributed by atoms with van der Waals surface area (Å²) in [6, 6.07) is 21.1. The summed E-state index contributed by atoms with van der Waals surface area (Å²) in [5.74, 6) is 0.526. The lowest BCUT2D eigenvalue weighted by molar-refractivity contribution is 0.102. The Hall–Kier alpha value is -3.34. The highest BCUT2D eigenvalue weighted by Crippen LogP contribution is 2.19. The summed E-state index contributed by atoms with van der Waals surface area (Å²) in [7, 11) is 2.03. The van der Waals surface area contributed by atoms with Crippen molar-refractivity contribution in [1.29, 1.82) is 0 Å². The first-order chi connectivity index (χ1) is 14.2. The Kier molecular flexibility index (Phi) is 7.22. The molecule has 0 bridgehead atoms. The van der Waals surface area contributed by atoms with Crippen LogP contribution in [-0.4, -0.2) is 24.5 Å². The van der Waals surface area contributed by atoms with Crippen LogP contribution in [-0.2, 0) is 6.61 Å². The lowest BCUT2D eigenvalue weighted by Crippen LogP contribution is -2.20. The summed E-state index contributed by atoms with van der Waals surface area (Å²) in [5.41, 5.74) is 3.20. The van der Waals surface area contributed by atoms with Crippen molar-refractivity contribution in [2.75, 3.05) is 23.8 Å². The number of unbranched alkanes of at least 4 members (excludes halogenated alkanes) is 1. The number of carbonyl (C=O) groups is 1. The number of hydrogen-bond donors (Lipinski definition) is 1. The first-order valence-electron chi connectivity index (χ1n) is 9.91. The zero-order valence-electron chi connectivity index (χ0n) is 17.0. The molecule has 5 heteroatoms. The summed E-state index contributed by atoms with van der Waals surface area (Å²) in [6.07, 6.45) is 3.92. The number of pyridine rings is 1. The molecule has 0 spiro atoms. The van der Waals surface area contributed by atoms with Crippen LogP contribution in [0.5, 0.6) is 5.75 Å². The van der Waals surface area contributed by atoms with E-state index in [-0.39, 0.29) is 5.91 Å². The molecule has 0 fully saturated rings. The fourth-order valence-corrected chi connectivity index (χ4v) is 2.88. The number of nitrogens with one attached hydrogen (secondary N) is 1. The number of nitrogens with zero attached hydrogens (tertiary/aromatic N) is 2. The van der Waals surface area contributed by atoms with E-state index >= 15 is 0 Å². The van der Waals surface area contributed by atoms with Crippen molar-refractivity contribution in [2.24, 2.45) is 0 Å². The van der Waals surface area contributed by atoms with Crippen LogP contribution in [0, 0.1) is 0 Å². The van der Waals surface area contributed by atoms with Crippen molar-refractivity contribution in [2.45, 2.75) is 26.4 Å². The first kappa shape index (κ1) is 20.4. The van der Waals surface area contributed by atoms with Gasteiger partial charge < -0.3 is 15.0 Å². The van der Waals surface area contributed by atoms with Gasteiger partial charge in [0, 0.05) is 31.2 Å². The fraction of sp³-hybridized carbons (Fsp3) is 0.250. The third kappa shape index (κ3) is 6.07. The summed E-state index contributed by atoms with van der Waals surface area (Å²) >= 11 is 0. The van der Waals surface area contributed by atoms with Gasteiger partial charge in [0.25, 0.3) is 5.91 Å². The molecule has 0 aliphatic heterocycles. The molecular weight excluding hydrogens is 362 g/mol. The van der Waals surface area contributed by atoms with Gasteiger partial charge in [-0.1, -0.05) is 43.7 Å². The summed E-state index contributed by atoms with van der Waals surface area (Å²) < 4.78 is 5.78. The Balaban J connectivity index is 1.57. The zero-order valence-corrected chi connectivity index (χ0v) is 17.0. The third-order valence-corrected chi connectivity index (χ3v) is 4.62. The second-order valence-corrected chi connectivity index (χ2v) is 6.93. The molecule has 3 rings (SSSR count). The first-order valence-corrected chi connectivity index (χ1v) is 9.91. The van der Waals surface area contributed by atoms with E-state index in [1.165, 1.54) is 0 Å². The van der Waals surface area contributed by atoms with E-state index in [1.54, 1.807) is 6.20 Å². The minimum absolute atomic E-state index is 0.228. The van der Waals surface area contributed by atoms with Crippen molar-refractivity contribution >= 4 is 17.3 Å². The van der Waals surface area contributed by atoms with Crippen LogP contribution in [0.15, 0.2) is 72.9 Å². The van der Waals surface area contributed by atoms with Gasteiger partial charge in [0.05, 0.1) is 0 Å². The number of amides is 1.